The summed E-state index contributed by atoms with van der Waals surface area (Å²) in [5.74, 6) is -0.932. The first kappa shape index (κ1) is 18.1. The molecular weight excluding hydrogens is 328 g/mol. The van der Waals surface area contributed by atoms with Gasteiger partial charge in [0.2, 0.25) is 0 Å². The van der Waals surface area contributed by atoms with E-state index in [1.165, 1.54) is 12.4 Å². The van der Waals surface area contributed by atoms with Gasteiger partial charge in [-0.25, -0.2) is 13.9 Å². The Bertz CT molecular complexity index is 804. The normalized spacial score (nSPS) is 14.0. The summed E-state index contributed by atoms with van der Waals surface area (Å²) in [6, 6.07) is 13.4. The SMILES string of the molecule is C[C@](CCc1ccc(-c2ccccc2)nc1)(C(=O)NO)S(C)(=O)=O. The van der Waals surface area contributed by atoms with Crippen LogP contribution in [0.2, 0.25) is 0 Å². The van der Waals surface area contributed by atoms with Crippen molar-refractivity contribution in [3.8, 4) is 11.3 Å². The van der Waals surface area contributed by atoms with Gasteiger partial charge in [-0.3, -0.25) is 15.0 Å². The van der Waals surface area contributed by atoms with Crippen molar-refractivity contribution in [2.24, 2.45) is 0 Å². The summed E-state index contributed by atoms with van der Waals surface area (Å²) in [4.78, 5) is 16.2. The van der Waals surface area contributed by atoms with Crippen LogP contribution >= 0.6 is 0 Å². The second-order valence-electron chi connectivity index (χ2n) is 5.86. The minimum atomic E-state index is -3.69. The van der Waals surface area contributed by atoms with Crippen molar-refractivity contribution in [3.05, 3.63) is 54.2 Å². The van der Waals surface area contributed by atoms with Gasteiger partial charge in [-0.15, -0.1) is 0 Å². The monoisotopic (exact) mass is 348 g/mol. The number of nitrogens with zero attached hydrogens (tertiary/aromatic N) is 1. The minimum Gasteiger partial charge on any atom is -0.289 e. The number of carbonyl (C=O) groups excluding carboxylic acids is 1. The summed E-state index contributed by atoms with van der Waals surface area (Å²) in [6.07, 6.45) is 3.05. The fraction of sp³-hybridized carbons (Fsp3) is 0.294. The Kier molecular flexibility index (Phi) is 5.36. The quantitative estimate of drug-likeness (QED) is 0.615. The van der Waals surface area contributed by atoms with E-state index in [4.69, 9.17) is 5.21 Å². The fourth-order valence-electron chi connectivity index (χ4n) is 2.32. The lowest BCUT2D eigenvalue weighted by Crippen LogP contribution is -2.49. The topological polar surface area (TPSA) is 96.4 Å². The Hall–Kier alpha value is -2.25. The standard InChI is InChI=1S/C17H20N2O4S/c1-17(16(20)19-21,24(2,22)23)11-10-13-8-9-15(18-12-13)14-6-4-3-5-7-14/h3-9,12,21H,10-11H2,1-2H3,(H,19,20)/t17-/m0/s1. The number of carbonyl (C=O) groups is 1. The molecule has 0 saturated carbocycles. The van der Waals surface area contributed by atoms with Crippen molar-refractivity contribution in [1.29, 1.82) is 0 Å². The highest BCUT2D eigenvalue weighted by molar-refractivity contribution is 7.92. The lowest BCUT2D eigenvalue weighted by Gasteiger charge is -2.24. The number of aryl methyl sites for hydroxylation is 1. The maximum atomic E-state index is 11.9. The molecule has 0 aliphatic heterocycles. The maximum absolute atomic E-state index is 11.9. The molecule has 128 valence electrons. The van der Waals surface area contributed by atoms with Crippen molar-refractivity contribution in [2.75, 3.05) is 6.26 Å². The predicted octanol–water partition coefficient (Wildman–Crippen LogP) is 1.99. The maximum Gasteiger partial charge on any atom is 0.264 e. The van der Waals surface area contributed by atoms with Crippen LogP contribution in [-0.2, 0) is 21.1 Å². The van der Waals surface area contributed by atoms with E-state index in [2.05, 4.69) is 4.98 Å². The van der Waals surface area contributed by atoms with E-state index in [1.54, 1.807) is 6.20 Å². The molecule has 0 spiro atoms. The highest BCUT2D eigenvalue weighted by Gasteiger charge is 2.43. The van der Waals surface area contributed by atoms with Gasteiger partial charge in [0.15, 0.2) is 9.84 Å². The average molecular weight is 348 g/mol. The van der Waals surface area contributed by atoms with E-state index in [0.29, 0.717) is 6.42 Å². The molecule has 1 aromatic heterocycles. The average Bonchev–Trinajstić information content (AvgIpc) is 2.59. The van der Waals surface area contributed by atoms with E-state index in [9.17, 15) is 13.2 Å². The van der Waals surface area contributed by atoms with Gasteiger partial charge < -0.3 is 0 Å². The molecule has 7 heteroatoms. The zero-order chi connectivity index (χ0) is 17.8. The molecule has 0 radical (unpaired) electrons. The highest BCUT2D eigenvalue weighted by Crippen LogP contribution is 2.24. The van der Waals surface area contributed by atoms with Crippen molar-refractivity contribution >= 4 is 15.7 Å². The van der Waals surface area contributed by atoms with Crippen molar-refractivity contribution in [2.45, 2.75) is 24.5 Å². The molecule has 2 rings (SSSR count). The third kappa shape index (κ3) is 3.80. The summed E-state index contributed by atoms with van der Waals surface area (Å²) in [7, 11) is -3.69. The van der Waals surface area contributed by atoms with Crippen LogP contribution in [0.5, 0.6) is 0 Å². The summed E-state index contributed by atoms with van der Waals surface area (Å²) < 4.78 is 22.2. The van der Waals surface area contributed by atoms with E-state index in [0.717, 1.165) is 23.1 Å². The van der Waals surface area contributed by atoms with Gasteiger partial charge in [-0.1, -0.05) is 36.4 Å². The lowest BCUT2D eigenvalue weighted by molar-refractivity contribution is -0.131. The molecule has 1 aromatic carbocycles. The molecule has 1 heterocycles. The van der Waals surface area contributed by atoms with Gasteiger partial charge in [0.1, 0.15) is 4.75 Å². The molecule has 6 nitrogen and oxygen atoms in total. The van der Waals surface area contributed by atoms with E-state index in [-0.39, 0.29) is 6.42 Å². The molecule has 0 aliphatic rings. The van der Waals surface area contributed by atoms with Gasteiger partial charge in [0.25, 0.3) is 5.91 Å². The van der Waals surface area contributed by atoms with Crippen LogP contribution in [0, 0.1) is 0 Å². The fourth-order valence-corrected chi connectivity index (χ4v) is 3.18. The number of aromatic nitrogens is 1. The molecule has 0 unspecified atom stereocenters. The van der Waals surface area contributed by atoms with Crippen LogP contribution in [0.25, 0.3) is 11.3 Å². The first-order valence-corrected chi connectivity index (χ1v) is 9.31. The second kappa shape index (κ2) is 7.11. The number of amides is 1. The zero-order valence-electron chi connectivity index (χ0n) is 13.6. The van der Waals surface area contributed by atoms with Gasteiger partial charge in [0.05, 0.1) is 5.69 Å². The molecule has 0 aliphatic carbocycles. The second-order valence-corrected chi connectivity index (χ2v) is 8.31. The Morgan fingerprint density at radius 3 is 2.38 bits per heavy atom. The summed E-state index contributed by atoms with van der Waals surface area (Å²) in [5.41, 5.74) is 4.07. The summed E-state index contributed by atoms with van der Waals surface area (Å²) >= 11 is 0. The number of nitrogens with one attached hydrogen (secondary N) is 1. The molecule has 2 N–H and O–H groups in total. The van der Waals surface area contributed by atoms with Crippen LogP contribution in [-0.4, -0.2) is 35.5 Å². The van der Waals surface area contributed by atoms with Crippen LogP contribution < -0.4 is 5.48 Å². The molecule has 1 amide bonds. The van der Waals surface area contributed by atoms with Crippen molar-refractivity contribution in [3.63, 3.8) is 0 Å². The number of rotatable bonds is 6. The Morgan fingerprint density at radius 2 is 1.88 bits per heavy atom. The molecule has 2 aromatic rings. The zero-order valence-corrected chi connectivity index (χ0v) is 14.4. The number of hydrogen-bond acceptors (Lipinski definition) is 5. The smallest absolute Gasteiger partial charge is 0.264 e. The van der Waals surface area contributed by atoms with Crippen LogP contribution in [0.15, 0.2) is 48.7 Å². The number of pyridine rings is 1. The van der Waals surface area contributed by atoms with Gasteiger partial charge in [-0.05, 0) is 31.4 Å². The van der Waals surface area contributed by atoms with E-state index in [1.807, 2.05) is 42.5 Å². The van der Waals surface area contributed by atoms with Gasteiger partial charge in [0, 0.05) is 18.0 Å². The number of hydroxylamine groups is 1. The van der Waals surface area contributed by atoms with E-state index < -0.39 is 20.5 Å². The third-order valence-corrected chi connectivity index (χ3v) is 6.21. The van der Waals surface area contributed by atoms with Gasteiger partial charge >= 0.3 is 0 Å². The number of sulfone groups is 1. The van der Waals surface area contributed by atoms with Gasteiger partial charge in [-0.2, -0.15) is 0 Å². The molecule has 0 fully saturated rings. The van der Waals surface area contributed by atoms with E-state index >= 15 is 0 Å². The molecule has 0 saturated heterocycles. The number of benzene rings is 1. The number of hydrogen-bond donors (Lipinski definition) is 2. The molecule has 24 heavy (non-hydrogen) atoms. The highest BCUT2D eigenvalue weighted by atomic mass is 32.2. The predicted molar refractivity (Wildman–Crippen MR) is 91.2 cm³/mol. The van der Waals surface area contributed by atoms with Crippen LogP contribution in [0.4, 0.5) is 0 Å². The minimum absolute atomic E-state index is 0.0462. The molecule has 1 atom stereocenters. The van der Waals surface area contributed by atoms with Crippen LogP contribution in [0.3, 0.4) is 0 Å². The Morgan fingerprint density at radius 1 is 1.21 bits per heavy atom. The lowest BCUT2D eigenvalue weighted by atomic mass is 10.00. The largest absolute Gasteiger partial charge is 0.289 e. The van der Waals surface area contributed by atoms with Crippen LogP contribution in [0.1, 0.15) is 18.9 Å². The Balaban J connectivity index is 2.15. The Labute approximate surface area is 141 Å². The van der Waals surface area contributed by atoms with Crippen molar-refractivity contribution in [1.82, 2.24) is 10.5 Å². The third-order valence-electron chi connectivity index (χ3n) is 4.19. The summed E-state index contributed by atoms with van der Waals surface area (Å²) in [5, 5.41) is 8.82. The molecule has 0 bridgehead atoms. The van der Waals surface area contributed by atoms with Crippen molar-refractivity contribution < 1.29 is 18.4 Å². The molecular formula is C17H20N2O4S. The summed E-state index contributed by atoms with van der Waals surface area (Å²) in [6.45, 7) is 1.31. The first-order chi connectivity index (χ1) is 11.3. The first-order valence-electron chi connectivity index (χ1n) is 7.42.